The highest BCUT2D eigenvalue weighted by molar-refractivity contribution is 7.92. The zero-order chi connectivity index (χ0) is 28.1. The lowest BCUT2D eigenvalue weighted by atomic mass is 9.93. The Morgan fingerprint density at radius 1 is 1.10 bits per heavy atom. The maximum atomic E-state index is 13.0. The maximum Gasteiger partial charge on any atom is 0.239 e. The van der Waals surface area contributed by atoms with Gasteiger partial charge >= 0.3 is 0 Å². The molecule has 0 radical (unpaired) electrons. The van der Waals surface area contributed by atoms with E-state index in [1.54, 1.807) is 13.4 Å². The molecule has 1 aliphatic carbocycles. The average Bonchev–Trinajstić information content (AvgIpc) is 3.70. The Kier molecular flexibility index (Phi) is 6.60. The molecule has 4 aromatic rings. The smallest absolute Gasteiger partial charge is 0.239 e. The number of oxazole rings is 1. The molecule has 1 aliphatic heterocycles. The summed E-state index contributed by atoms with van der Waals surface area (Å²) in [7, 11) is -1.84. The minimum Gasteiger partial charge on any atom is -0.497 e. The van der Waals surface area contributed by atoms with E-state index in [-0.39, 0.29) is 17.7 Å². The molecule has 0 saturated heterocycles. The lowest BCUT2D eigenvalue weighted by molar-refractivity contribution is 0.414. The van der Waals surface area contributed by atoms with Crippen LogP contribution in [0.15, 0.2) is 59.2 Å². The Labute approximate surface area is 235 Å². The van der Waals surface area contributed by atoms with Crippen molar-refractivity contribution >= 4 is 27.2 Å². The van der Waals surface area contributed by atoms with Gasteiger partial charge in [0.05, 0.1) is 30.8 Å². The molecule has 210 valence electrons. The highest BCUT2D eigenvalue weighted by Gasteiger charge is 2.34. The predicted octanol–water partition coefficient (Wildman–Crippen LogP) is 6.35. The first-order chi connectivity index (χ1) is 19.1. The fourth-order valence-corrected chi connectivity index (χ4v) is 7.20. The SMILES string of the molecule is COc1ccc(CN2c3ccc(Nc4cc(C5CCC(c6nc(C(C)(C)C)co6)C5)[nH]n4)cc3CS2(=O)=O)cc1. The monoisotopic (exact) mass is 561 g/mol. The molecule has 0 bridgehead atoms. The van der Waals surface area contributed by atoms with Crippen molar-refractivity contribution in [3.63, 3.8) is 0 Å². The van der Waals surface area contributed by atoms with Crippen LogP contribution in [0.25, 0.3) is 0 Å². The first-order valence-electron chi connectivity index (χ1n) is 13.6. The minimum absolute atomic E-state index is 0.0268. The van der Waals surface area contributed by atoms with E-state index in [1.807, 2.05) is 48.5 Å². The molecule has 40 heavy (non-hydrogen) atoms. The zero-order valence-corrected chi connectivity index (χ0v) is 24.1. The summed E-state index contributed by atoms with van der Waals surface area (Å²) in [6.45, 7) is 6.71. The van der Waals surface area contributed by atoms with E-state index in [9.17, 15) is 8.42 Å². The Morgan fingerprint density at radius 3 is 2.60 bits per heavy atom. The summed E-state index contributed by atoms with van der Waals surface area (Å²) in [4.78, 5) is 4.77. The standard InChI is InChI=1S/C30H35N5O4S/c1-30(2,3)27-17-39-29(32-27)21-8-7-20(13-21)25-15-28(34-33-25)31-23-9-12-26-22(14-23)18-40(36,37)35(26)16-19-5-10-24(38-4)11-6-19/h5-6,9-12,14-15,17,20-21H,7-8,13,16,18H2,1-4H3,(H2,31,33,34). The third kappa shape index (κ3) is 5.20. The molecule has 2 aromatic carbocycles. The fourth-order valence-electron chi connectivity index (χ4n) is 5.59. The van der Waals surface area contributed by atoms with Gasteiger partial charge in [-0.3, -0.25) is 9.40 Å². The second-order valence-electron chi connectivity index (χ2n) is 11.8. The molecule has 10 heteroatoms. The highest BCUT2D eigenvalue weighted by atomic mass is 32.2. The Bertz CT molecular complexity index is 1620. The normalized spacial score (nSPS) is 20.1. The molecule has 2 N–H and O–H groups in total. The molecule has 1 fully saturated rings. The number of aromatic amines is 1. The number of benzene rings is 2. The molecular weight excluding hydrogens is 526 g/mol. The van der Waals surface area contributed by atoms with Gasteiger partial charge in [-0.1, -0.05) is 32.9 Å². The van der Waals surface area contributed by atoms with Crippen LogP contribution in [0.3, 0.4) is 0 Å². The van der Waals surface area contributed by atoms with Crippen molar-refractivity contribution in [1.29, 1.82) is 0 Å². The van der Waals surface area contributed by atoms with E-state index in [2.05, 4.69) is 36.3 Å². The number of fused-ring (bicyclic) bond motifs is 1. The lowest BCUT2D eigenvalue weighted by Crippen LogP contribution is -2.26. The van der Waals surface area contributed by atoms with Crippen molar-refractivity contribution in [2.24, 2.45) is 0 Å². The van der Waals surface area contributed by atoms with E-state index in [0.717, 1.165) is 59.1 Å². The summed E-state index contributed by atoms with van der Waals surface area (Å²) in [5, 5.41) is 11.0. The van der Waals surface area contributed by atoms with Crippen LogP contribution in [-0.4, -0.2) is 30.7 Å². The third-order valence-corrected chi connectivity index (χ3v) is 9.56. The largest absolute Gasteiger partial charge is 0.497 e. The first-order valence-corrected chi connectivity index (χ1v) is 15.2. The molecule has 2 atom stereocenters. The summed E-state index contributed by atoms with van der Waals surface area (Å²) in [5.41, 5.74) is 5.23. The van der Waals surface area contributed by atoms with Gasteiger partial charge in [0.2, 0.25) is 10.0 Å². The van der Waals surface area contributed by atoms with Crippen LogP contribution in [0.2, 0.25) is 0 Å². The number of sulfonamides is 1. The summed E-state index contributed by atoms with van der Waals surface area (Å²) in [6, 6.07) is 15.2. The quantitative estimate of drug-likeness (QED) is 0.270. The third-order valence-electron chi connectivity index (χ3n) is 7.89. The van der Waals surface area contributed by atoms with Gasteiger partial charge in [-0.05, 0) is 60.7 Å². The number of anilines is 3. The van der Waals surface area contributed by atoms with Crippen LogP contribution < -0.4 is 14.4 Å². The van der Waals surface area contributed by atoms with Crippen LogP contribution >= 0.6 is 0 Å². The molecule has 2 aliphatic rings. The van der Waals surface area contributed by atoms with Crippen molar-refractivity contribution in [2.45, 2.75) is 69.6 Å². The molecule has 9 nitrogen and oxygen atoms in total. The summed E-state index contributed by atoms with van der Waals surface area (Å²) in [6.07, 6.45) is 4.83. The number of hydrogen-bond donors (Lipinski definition) is 2. The fraction of sp³-hybridized carbons (Fsp3) is 0.400. The number of aromatic nitrogens is 3. The van der Waals surface area contributed by atoms with Crippen molar-refractivity contribution in [2.75, 3.05) is 16.7 Å². The number of methoxy groups -OCH3 is 1. The Balaban J connectivity index is 1.12. The number of nitrogens with zero attached hydrogens (tertiary/aromatic N) is 3. The van der Waals surface area contributed by atoms with Gasteiger partial charge in [0, 0.05) is 34.7 Å². The Hall–Kier alpha value is -3.79. The Morgan fingerprint density at radius 2 is 1.88 bits per heavy atom. The van der Waals surface area contributed by atoms with Crippen molar-refractivity contribution in [3.05, 3.63) is 83.2 Å². The van der Waals surface area contributed by atoms with Crippen LogP contribution in [0.4, 0.5) is 17.2 Å². The average molecular weight is 562 g/mol. The predicted molar refractivity (Wildman–Crippen MR) is 155 cm³/mol. The molecule has 2 aromatic heterocycles. The lowest BCUT2D eigenvalue weighted by Gasteiger charge is -2.19. The molecule has 6 rings (SSSR count). The number of H-pyrrole nitrogens is 1. The van der Waals surface area contributed by atoms with E-state index >= 15 is 0 Å². The molecule has 3 heterocycles. The maximum absolute atomic E-state index is 13.0. The van der Waals surface area contributed by atoms with Crippen molar-refractivity contribution in [1.82, 2.24) is 15.2 Å². The first kappa shape index (κ1) is 26.4. The highest BCUT2D eigenvalue weighted by Crippen LogP contribution is 2.44. The van der Waals surface area contributed by atoms with Gasteiger partial charge in [-0.25, -0.2) is 13.4 Å². The second-order valence-corrected chi connectivity index (χ2v) is 13.7. The van der Waals surface area contributed by atoms with Crippen LogP contribution in [0.1, 0.15) is 80.3 Å². The molecule has 0 amide bonds. The van der Waals surface area contributed by atoms with Gasteiger partial charge in [-0.2, -0.15) is 5.10 Å². The van der Waals surface area contributed by atoms with Crippen molar-refractivity contribution < 1.29 is 17.6 Å². The minimum atomic E-state index is -3.45. The zero-order valence-electron chi connectivity index (χ0n) is 23.3. The number of hydrogen-bond acceptors (Lipinski definition) is 7. The molecule has 0 spiro atoms. The number of rotatable bonds is 7. The topological polar surface area (TPSA) is 113 Å². The molecule has 2 unspecified atom stereocenters. The van der Waals surface area contributed by atoms with Crippen LogP contribution in [-0.2, 0) is 27.7 Å². The van der Waals surface area contributed by atoms with Gasteiger partial charge in [0.25, 0.3) is 0 Å². The van der Waals surface area contributed by atoms with Gasteiger partial charge in [-0.15, -0.1) is 0 Å². The number of nitrogens with one attached hydrogen (secondary N) is 2. The van der Waals surface area contributed by atoms with Gasteiger partial charge in [0.15, 0.2) is 11.7 Å². The number of ether oxygens (including phenoxy) is 1. The summed E-state index contributed by atoms with van der Waals surface area (Å²) < 4.78 is 38.5. The van der Waals surface area contributed by atoms with E-state index in [4.69, 9.17) is 14.1 Å². The summed E-state index contributed by atoms with van der Waals surface area (Å²) in [5.74, 6) is 2.92. The van der Waals surface area contributed by atoms with Crippen LogP contribution in [0, 0.1) is 0 Å². The van der Waals surface area contributed by atoms with Gasteiger partial charge < -0.3 is 14.5 Å². The van der Waals surface area contributed by atoms with E-state index in [0.29, 0.717) is 23.3 Å². The molecule has 1 saturated carbocycles. The van der Waals surface area contributed by atoms with Gasteiger partial charge in [0.1, 0.15) is 12.0 Å². The second kappa shape index (κ2) is 9.99. The molecular formula is C30H35N5O4S. The van der Waals surface area contributed by atoms with E-state index < -0.39 is 10.0 Å². The van der Waals surface area contributed by atoms with E-state index in [1.165, 1.54) is 4.31 Å². The van der Waals surface area contributed by atoms with Crippen LogP contribution in [0.5, 0.6) is 5.75 Å². The summed E-state index contributed by atoms with van der Waals surface area (Å²) >= 11 is 0. The van der Waals surface area contributed by atoms with Crippen molar-refractivity contribution in [3.8, 4) is 5.75 Å².